The molecule has 0 heterocycles. The lowest BCUT2D eigenvalue weighted by molar-refractivity contribution is -0.121. The van der Waals surface area contributed by atoms with E-state index in [2.05, 4.69) is 41.8 Å². The summed E-state index contributed by atoms with van der Waals surface area (Å²) in [6, 6.07) is 10.6. The Labute approximate surface area is 110 Å². The number of amides is 1. The maximum atomic E-state index is 11.5. The minimum atomic E-state index is 0.136. The Kier molecular flexibility index (Phi) is 7.11. The molecule has 0 aliphatic rings. The molecule has 0 aliphatic carbocycles. The van der Waals surface area contributed by atoms with Crippen LogP contribution in [0.2, 0.25) is 0 Å². The first-order valence-corrected chi connectivity index (χ1v) is 6.76. The van der Waals surface area contributed by atoms with Crippen molar-refractivity contribution in [2.75, 3.05) is 13.1 Å². The van der Waals surface area contributed by atoms with Crippen LogP contribution in [0.3, 0.4) is 0 Å². The van der Waals surface area contributed by atoms with E-state index in [1.807, 2.05) is 13.0 Å². The lowest BCUT2D eigenvalue weighted by Gasteiger charge is -2.11. The zero-order valence-corrected chi connectivity index (χ0v) is 11.4. The molecule has 1 atom stereocenters. The molecule has 0 aliphatic heterocycles. The zero-order chi connectivity index (χ0) is 13.2. The fourth-order valence-corrected chi connectivity index (χ4v) is 1.65. The summed E-state index contributed by atoms with van der Waals surface area (Å²) in [5.41, 5.74) is 1.33. The lowest BCUT2D eigenvalue weighted by Crippen LogP contribution is -2.34. The zero-order valence-electron chi connectivity index (χ0n) is 11.4. The smallest absolute Gasteiger partial charge is 0.221 e. The van der Waals surface area contributed by atoms with Gasteiger partial charge in [-0.05, 0) is 31.9 Å². The van der Waals surface area contributed by atoms with Crippen molar-refractivity contribution in [1.29, 1.82) is 0 Å². The van der Waals surface area contributed by atoms with E-state index in [1.165, 1.54) is 5.56 Å². The maximum Gasteiger partial charge on any atom is 0.221 e. The highest BCUT2D eigenvalue weighted by atomic mass is 16.1. The highest BCUT2D eigenvalue weighted by molar-refractivity contribution is 5.76. The van der Waals surface area contributed by atoms with Crippen LogP contribution < -0.4 is 10.6 Å². The van der Waals surface area contributed by atoms with Crippen LogP contribution in [0, 0.1) is 0 Å². The topological polar surface area (TPSA) is 41.1 Å². The van der Waals surface area contributed by atoms with Crippen LogP contribution in [-0.2, 0) is 11.2 Å². The minimum absolute atomic E-state index is 0.136. The normalized spacial score (nSPS) is 12.1. The summed E-state index contributed by atoms with van der Waals surface area (Å²) in [5.74, 6) is 0.136. The molecule has 0 spiro atoms. The maximum absolute atomic E-state index is 11.5. The van der Waals surface area contributed by atoms with Crippen molar-refractivity contribution in [3.05, 3.63) is 35.9 Å². The number of nitrogens with one attached hydrogen (secondary N) is 2. The Morgan fingerprint density at radius 1 is 1.22 bits per heavy atom. The van der Waals surface area contributed by atoms with Gasteiger partial charge in [-0.15, -0.1) is 0 Å². The summed E-state index contributed by atoms with van der Waals surface area (Å²) in [6.07, 6.45) is 2.54. The van der Waals surface area contributed by atoms with E-state index in [1.54, 1.807) is 0 Å². The van der Waals surface area contributed by atoms with Crippen LogP contribution in [-0.4, -0.2) is 25.0 Å². The second-order valence-electron chi connectivity index (χ2n) is 4.61. The van der Waals surface area contributed by atoms with Crippen LogP contribution >= 0.6 is 0 Å². The lowest BCUT2D eigenvalue weighted by atomic mass is 10.1. The largest absolute Gasteiger partial charge is 0.354 e. The minimum Gasteiger partial charge on any atom is -0.354 e. The molecule has 1 aromatic carbocycles. The molecule has 0 radical (unpaired) electrons. The summed E-state index contributed by atoms with van der Waals surface area (Å²) < 4.78 is 0. The number of carbonyl (C=O) groups is 1. The van der Waals surface area contributed by atoms with E-state index in [9.17, 15) is 4.79 Å². The second-order valence-corrected chi connectivity index (χ2v) is 4.61. The number of benzene rings is 1. The Hall–Kier alpha value is -1.35. The third-order valence-corrected chi connectivity index (χ3v) is 2.98. The van der Waals surface area contributed by atoms with Crippen molar-refractivity contribution in [3.8, 4) is 0 Å². The average Bonchev–Trinajstić information content (AvgIpc) is 2.39. The standard InChI is InChI=1S/C15H24N2O/c1-3-13(2)17-15(18)10-12-16-11-9-14-7-5-4-6-8-14/h4-8,13,16H,3,9-12H2,1-2H3,(H,17,18). The molecule has 1 rings (SSSR count). The van der Waals surface area contributed by atoms with Crippen LogP contribution in [0.25, 0.3) is 0 Å². The molecule has 1 amide bonds. The van der Waals surface area contributed by atoms with Gasteiger partial charge in [-0.25, -0.2) is 0 Å². The van der Waals surface area contributed by atoms with E-state index in [4.69, 9.17) is 0 Å². The van der Waals surface area contributed by atoms with Crippen molar-refractivity contribution < 1.29 is 4.79 Å². The molecule has 1 aromatic rings. The van der Waals surface area contributed by atoms with E-state index < -0.39 is 0 Å². The van der Waals surface area contributed by atoms with Gasteiger partial charge in [-0.2, -0.15) is 0 Å². The first-order chi connectivity index (χ1) is 8.72. The fraction of sp³-hybridized carbons (Fsp3) is 0.533. The first-order valence-electron chi connectivity index (χ1n) is 6.76. The van der Waals surface area contributed by atoms with Gasteiger partial charge in [0, 0.05) is 19.0 Å². The third-order valence-electron chi connectivity index (χ3n) is 2.98. The Morgan fingerprint density at radius 2 is 1.94 bits per heavy atom. The Bertz CT molecular complexity index is 338. The molecule has 2 N–H and O–H groups in total. The van der Waals surface area contributed by atoms with Crippen molar-refractivity contribution in [3.63, 3.8) is 0 Å². The average molecular weight is 248 g/mol. The summed E-state index contributed by atoms with van der Waals surface area (Å²) >= 11 is 0. The van der Waals surface area contributed by atoms with E-state index >= 15 is 0 Å². The van der Waals surface area contributed by atoms with Gasteiger partial charge in [0.2, 0.25) is 5.91 Å². The van der Waals surface area contributed by atoms with Crippen molar-refractivity contribution in [2.45, 2.75) is 39.2 Å². The van der Waals surface area contributed by atoms with Crippen molar-refractivity contribution in [2.24, 2.45) is 0 Å². The number of hydrogen-bond donors (Lipinski definition) is 2. The van der Waals surface area contributed by atoms with Crippen LogP contribution in [0.1, 0.15) is 32.3 Å². The summed E-state index contributed by atoms with van der Waals surface area (Å²) in [7, 11) is 0. The Morgan fingerprint density at radius 3 is 2.61 bits per heavy atom. The molecular formula is C15H24N2O. The van der Waals surface area contributed by atoms with Gasteiger partial charge in [0.05, 0.1) is 0 Å². The molecule has 0 fully saturated rings. The molecule has 0 saturated carbocycles. The molecule has 1 unspecified atom stereocenters. The van der Waals surface area contributed by atoms with Crippen LogP contribution in [0.15, 0.2) is 30.3 Å². The van der Waals surface area contributed by atoms with Gasteiger partial charge >= 0.3 is 0 Å². The van der Waals surface area contributed by atoms with Gasteiger partial charge in [0.1, 0.15) is 0 Å². The Balaban J connectivity index is 2.03. The van der Waals surface area contributed by atoms with Gasteiger partial charge in [0.15, 0.2) is 0 Å². The molecule has 3 nitrogen and oxygen atoms in total. The van der Waals surface area contributed by atoms with Gasteiger partial charge in [-0.3, -0.25) is 4.79 Å². The molecule has 18 heavy (non-hydrogen) atoms. The molecule has 0 aromatic heterocycles. The van der Waals surface area contributed by atoms with Crippen LogP contribution in [0.5, 0.6) is 0 Å². The first kappa shape index (κ1) is 14.7. The van der Waals surface area contributed by atoms with E-state index in [0.717, 1.165) is 25.9 Å². The molecule has 0 saturated heterocycles. The van der Waals surface area contributed by atoms with Crippen LogP contribution in [0.4, 0.5) is 0 Å². The molecule has 3 heteroatoms. The quantitative estimate of drug-likeness (QED) is 0.692. The summed E-state index contributed by atoms with van der Waals surface area (Å²) in [5, 5.41) is 6.25. The fourth-order valence-electron chi connectivity index (χ4n) is 1.65. The highest BCUT2D eigenvalue weighted by Gasteiger charge is 2.04. The third kappa shape index (κ3) is 6.40. The monoisotopic (exact) mass is 248 g/mol. The van der Waals surface area contributed by atoms with E-state index in [-0.39, 0.29) is 11.9 Å². The van der Waals surface area contributed by atoms with Crippen molar-refractivity contribution >= 4 is 5.91 Å². The van der Waals surface area contributed by atoms with E-state index in [0.29, 0.717) is 6.42 Å². The molecule has 0 bridgehead atoms. The number of rotatable bonds is 8. The SMILES string of the molecule is CCC(C)NC(=O)CCNCCc1ccccc1. The van der Waals surface area contributed by atoms with Gasteiger partial charge in [0.25, 0.3) is 0 Å². The summed E-state index contributed by atoms with van der Waals surface area (Å²) in [6.45, 7) is 5.76. The van der Waals surface area contributed by atoms with Gasteiger partial charge in [-0.1, -0.05) is 37.3 Å². The summed E-state index contributed by atoms with van der Waals surface area (Å²) in [4.78, 5) is 11.5. The van der Waals surface area contributed by atoms with Crippen molar-refractivity contribution in [1.82, 2.24) is 10.6 Å². The number of carbonyl (C=O) groups excluding carboxylic acids is 1. The second kappa shape index (κ2) is 8.70. The molecular weight excluding hydrogens is 224 g/mol. The van der Waals surface area contributed by atoms with Gasteiger partial charge < -0.3 is 10.6 Å². The molecule has 100 valence electrons. The predicted octanol–water partition coefficient (Wildman–Crippen LogP) is 2.12. The predicted molar refractivity (Wildman–Crippen MR) is 75.5 cm³/mol. The highest BCUT2D eigenvalue weighted by Crippen LogP contribution is 1.98. The number of hydrogen-bond acceptors (Lipinski definition) is 2.